The first-order chi connectivity index (χ1) is 8.53. The van der Waals surface area contributed by atoms with Crippen molar-refractivity contribution in [2.75, 3.05) is 0 Å². The molecule has 0 fully saturated rings. The third-order valence-electron chi connectivity index (χ3n) is 4.41. The first-order valence-corrected chi connectivity index (χ1v) is 6.38. The highest BCUT2D eigenvalue weighted by Gasteiger charge is 2.46. The Morgan fingerprint density at radius 1 is 1.11 bits per heavy atom. The van der Waals surface area contributed by atoms with E-state index in [4.69, 9.17) is 0 Å². The van der Waals surface area contributed by atoms with Gasteiger partial charge in [0.15, 0.2) is 0 Å². The Bertz CT molecular complexity index is 543. The topological polar surface area (TPSA) is 40.5 Å². The average molecular weight is 240 g/mol. The maximum Gasteiger partial charge on any atom is 0.488 e. The van der Waals surface area contributed by atoms with Crippen LogP contribution in [0.4, 0.5) is 0 Å². The fraction of sp³-hybridized carbons (Fsp3) is 0.333. The maximum absolute atomic E-state index is 9.56. The lowest BCUT2D eigenvalue weighted by Crippen LogP contribution is -2.34. The summed E-state index contributed by atoms with van der Waals surface area (Å²) in [5.74, 6) is 0.662. The summed E-state index contributed by atoms with van der Waals surface area (Å²) >= 11 is 0. The monoisotopic (exact) mass is 240 g/mol. The molecular weight excluding hydrogens is 223 g/mol. The molecule has 0 saturated heterocycles. The number of fused-ring (bicyclic) bond motifs is 3. The van der Waals surface area contributed by atoms with Crippen LogP contribution in [0, 0.1) is 5.92 Å². The average Bonchev–Trinajstić information content (AvgIpc) is 2.59. The summed E-state index contributed by atoms with van der Waals surface area (Å²) in [5, 5.41) is 19.1. The molecule has 3 heteroatoms. The molecule has 0 aromatic heterocycles. The molecule has 18 heavy (non-hydrogen) atoms. The zero-order chi connectivity index (χ0) is 12.9. The molecule has 2 N–H and O–H groups in total. The van der Waals surface area contributed by atoms with Gasteiger partial charge in [-0.1, -0.05) is 56.4 Å². The number of allylic oxidation sites excluding steroid dienone is 4. The molecule has 0 aliphatic heterocycles. The maximum atomic E-state index is 9.56. The van der Waals surface area contributed by atoms with E-state index in [0.717, 1.165) is 5.56 Å². The van der Waals surface area contributed by atoms with Crippen LogP contribution in [0.25, 0.3) is 0 Å². The van der Waals surface area contributed by atoms with Crippen LogP contribution >= 0.6 is 0 Å². The Morgan fingerprint density at radius 3 is 2.56 bits per heavy atom. The molecule has 2 aliphatic rings. The van der Waals surface area contributed by atoms with Gasteiger partial charge in [0.2, 0.25) is 0 Å². The second-order valence-corrected chi connectivity index (χ2v) is 5.73. The third-order valence-corrected chi connectivity index (χ3v) is 4.41. The van der Waals surface area contributed by atoms with Gasteiger partial charge in [-0.15, -0.1) is 0 Å². The van der Waals surface area contributed by atoms with Gasteiger partial charge in [-0.05, 0) is 27.9 Å². The van der Waals surface area contributed by atoms with Gasteiger partial charge in [0, 0.05) is 5.92 Å². The molecule has 1 aromatic carbocycles. The van der Waals surface area contributed by atoms with E-state index in [1.54, 1.807) is 0 Å². The van der Waals surface area contributed by atoms with E-state index in [1.165, 1.54) is 5.56 Å². The molecule has 92 valence electrons. The van der Waals surface area contributed by atoms with Gasteiger partial charge < -0.3 is 10.0 Å². The van der Waals surface area contributed by atoms with Crippen molar-refractivity contribution in [1.29, 1.82) is 0 Å². The minimum Gasteiger partial charge on any atom is -0.423 e. The minimum atomic E-state index is -1.39. The van der Waals surface area contributed by atoms with Gasteiger partial charge in [-0.25, -0.2) is 0 Å². The molecule has 0 saturated carbocycles. The summed E-state index contributed by atoms with van der Waals surface area (Å²) in [6, 6.07) is 5.84. The van der Waals surface area contributed by atoms with Gasteiger partial charge in [0.05, 0.1) is 0 Å². The molecule has 1 aromatic rings. The summed E-state index contributed by atoms with van der Waals surface area (Å²) in [7, 11) is -1.39. The number of hydrogen-bond acceptors (Lipinski definition) is 2. The van der Waals surface area contributed by atoms with Gasteiger partial charge >= 0.3 is 7.12 Å². The molecule has 0 spiro atoms. The van der Waals surface area contributed by atoms with E-state index >= 15 is 0 Å². The van der Waals surface area contributed by atoms with Crippen molar-refractivity contribution in [2.45, 2.75) is 25.2 Å². The highest BCUT2D eigenvalue weighted by Crippen LogP contribution is 2.51. The highest BCUT2D eigenvalue weighted by atomic mass is 16.4. The van der Waals surface area contributed by atoms with Gasteiger partial charge in [-0.3, -0.25) is 0 Å². The normalized spacial score (nSPS) is 26.9. The molecule has 2 nitrogen and oxygen atoms in total. The Balaban J connectivity index is 2.26. The van der Waals surface area contributed by atoms with Crippen molar-refractivity contribution >= 4 is 12.6 Å². The second-order valence-electron chi connectivity index (χ2n) is 5.73. The Labute approximate surface area is 108 Å². The zero-order valence-corrected chi connectivity index (χ0v) is 10.7. The summed E-state index contributed by atoms with van der Waals surface area (Å²) in [6.07, 6.45) is 8.54. The van der Waals surface area contributed by atoms with Crippen molar-refractivity contribution in [1.82, 2.24) is 0 Å². The Kier molecular flexibility index (Phi) is 2.51. The van der Waals surface area contributed by atoms with Crippen molar-refractivity contribution < 1.29 is 10.0 Å². The second kappa shape index (κ2) is 3.84. The first kappa shape index (κ1) is 11.8. The van der Waals surface area contributed by atoms with Crippen LogP contribution in [-0.2, 0) is 5.41 Å². The Hall–Kier alpha value is -1.32. The fourth-order valence-electron chi connectivity index (χ4n) is 3.49. The molecule has 3 rings (SSSR count). The van der Waals surface area contributed by atoms with Crippen LogP contribution in [0.3, 0.4) is 0 Å². The molecular formula is C15H17BO2. The predicted octanol–water partition coefficient (Wildman–Crippen LogP) is 1.48. The summed E-state index contributed by atoms with van der Waals surface area (Å²) in [5.41, 5.74) is 3.02. The van der Waals surface area contributed by atoms with Crippen molar-refractivity contribution in [2.24, 2.45) is 5.92 Å². The van der Waals surface area contributed by atoms with E-state index in [9.17, 15) is 10.0 Å². The number of benzene rings is 1. The van der Waals surface area contributed by atoms with Crippen LogP contribution in [-0.4, -0.2) is 17.2 Å². The van der Waals surface area contributed by atoms with E-state index in [0.29, 0.717) is 11.4 Å². The third kappa shape index (κ3) is 1.44. The van der Waals surface area contributed by atoms with Gasteiger partial charge in [0.1, 0.15) is 0 Å². The zero-order valence-electron chi connectivity index (χ0n) is 10.7. The van der Waals surface area contributed by atoms with Crippen molar-refractivity contribution in [3.05, 3.63) is 53.6 Å². The lowest BCUT2D eigenvalue weighted by molar-refractivity contribution is 0.394. The van der Waals surface area contributed by atoms with Crippen LogP contribution in [0.15, 0.2) is 42.5 Å². The molecule has 0 radical (unpaired) electrons. The largest absolute Gasteiger partial charge is 0.488 e. The van der Waals surface area contributed by atoms with Crippen molar-refractivity contribution in [3.8, 4) is 0 Å². The minimum absolute atomic E-state index is 0.0339. The lowest BCUT2D eigenvalue weighted by Gasteiger charge is -2.29. The molecule has 2 atom stereocenters. The molecule has 0 bridgehead atoms. The first-order valence-electron chi connectivity index (χ1n) is 6.38. The van der Waals surface area contributed by atoms with Crippen molar-refractivity contribution in [3.63, 3.8) is 0 Å². The quantitative estimate of drug-likeness (QED) is 0.730. The van der Waals surface area contributed by atoms with Crippen LogP contribution in [0.1, 0.15) is 30.9 Å². The summed E-state index contributed by atoms with van der Waals surface area (Å²) in [4.78, 5) is 0. The standard InChI is InChI=1S/C15H17BO2/c1-15(2)11-7-4-3-6-10(11)14-12(15)8-5-9-13(14)16(17)18/h3-11,17-18H,1-2H3. The van der Waals surface area contributed by atoms with Crippen LogP contribution in [0.5, 0.6) is 0 Å². The molecule has 2 aliphatic carbocycles. The van der Waals surface area contributed by atoms with Gasteiger partial charge in [0.25, 0.3) is 0 Å². The van der Waals surface area contributed by atoms with E-state index in [2.05, 4.69) is 38.1 Å². The highest BCUT2D eigenvalue weighted by molar-refractivity contribution is 6.59. The fourth-order valence-corrected chi connectivity index (χ4v) is 3.49. The number of hydrogen-bond donors (Lipinski definition) is 2. The van der Waals surface area contributed by atoms with E-state index in [1.807, 2.05) is 18.2 Å². The molecule has 0 amide bonds. The summed E-state index contributed by atoms with van der Waals surface area (Å²) < 4.78 is 0. The van der Waals surface area contributed by atoms with Crippen LogP contribution in [0.2, 0.25) is 0 Å². The predicted molar refractivity (Wildman–Crippen MR) is 73.8 cm³/mol. The Morgan fingerprint density at radius 2 is 1.83 bits per heavy atom. The smallest absolute Gasteiger partial charge is 0.423 e. The van der Waals surface area contributed by atoms with E-state index in [-0.39, 0.29) is 11.3 Å². The summed E-state index contributed by atoms with van der Waals surface area (Å²) in [6.45, 7) is 4.46. The van der Waals surface area contributed by atoms with E-state index < -0.39 is 7.12 Å². The SMILES string of the molecule is CC1(C)c2cccc(B(O)O)c2C2C=CC=CC21. The number of rotatable bonds is 1. The lowest BCUT2D eigenvalue weighted by atomic mass is 9.73. The van der Waals surface area contributed by atoms with Gasteiger partial charge in [-0.2, -0.15) is 0 Å². The molecule has 0 heterocycles. The van der Waals surface area contributed by atoms with Crippen LogP contribution < -0.4 is 5.46 Å². The molecule has 2 unspecified atom stereocenters.